The van der Waals surface area contributed by atoms with Crippen molar-refractivity contribution in [3.8, 4) is 23.0 Å². The van der Waals surface area contributed by atoms with Crippen LogP contribution in [0.25, 0.3) is 32.9 Å². The molecule has 13 heteroatoms. The number of hydrogen-bond donors (Lipinski definition) is 2. The largest absolute Gasteiger partial charge is 0.508 e. The van der Waals surface area contributed by atoms with Gasteiger partial charge in [-0.25, -0.2) is 13.2 Å². The Labute approximate surface area is 263 Å². The van der Waals surface area contributed by atoms with E-state index in [2.05, 4.69) is 19.9 Å². The van der Waals surface area contributed by atoms with Crippen LogP contribution in [0.15, 0.2) is 30.5 Å². The van der Waals surface area contributed by atoms with Crippen LogP contribution in [0, 0.1) is 11.6 Å². The van der Waals surface area contributed by atoms with Crippen molar-refractivity contribution >= 4 is 33.4 Å². The van der Waals surface area contributed by atoms with E-state index in [0.717, 1.165) is 19.4 Å². The van der Waals surface area contributed by atoms with Crippen molar-refractivity contribution in [1.29, 1.82) is 0 Å². The van der Waals surface area contributed by atoms with E-state index in [4.69, 9.17) is 15.2 Å². The number of nitrogens with two attached hydrogens (primary N) is 1. The third kappa shape index (κ3) is 5.24. The molecule has 3 saturated heterocycles. The number of carbonyl (C=O) groups is 1. The van der Waals surface area contributed by atoms with E-state index < -0.39 is 35.4 Å². The summed E-state index contributed by atoms with van der Waals surface area (Å²) < 4.78 is 58.0. The highest BCUT2D eigenvalue weighted by Crippen LogP contribution is 2.42. The number of ether oxygens (including phenoxy) is 2. The van der Waals surface area contributed by atoms with Crippen molar-refractivity contribution in [2.24, 2.45) is 5.73 Å². The highest BCUT2D eigenvalue weighted by molar-refractivity contribution is 6.01. The summed E-state index contributed by atoms with van der Waals surface area (Å²) >= 11 is 0. The average molecular weight is 637 g/mol. The van der Waals surface area contributed by atoms with E-state index in [0.29, 0.717) is 55.3 Å². The Hall–Kier alpha value is -4.23. The Morgan fingerprint density at radius 3 is 2.85 bits per heavy atom. The molecule has 242 valence electrons. The lowest BCUT2D eigenvalue weighted by atomic mass is 9.94. The number of alkyl halides is 1. The van der Waals surface area contributed by atoms with Gasteiger partial charge in [0.1, 0.15) is 41.4 Å². The Kier molecular flexibility index (Phi) is 7.84. The van der Waals surface area contributed by atoms with Gasteiger partial charge in [-0.05, 0) is 66.8 Å². The normalized spacial score (nSPS) is 23.6. The summed E-state index contributed by atoms with van der Waals surface area (Å²) in [5, 5.41) is 11.8. The van der Waals surface area contributed by atoms with Gasteiger partial charge < -0.3 is 25.2 Å². The van der Waals surface area contributed by atoms with Crippen molar-refractivity contribution in [2.75, 3.05) is 44.3 Å². The second-order valence-electron chi connectivity index (χ2n) is 12.4. The highest BCUT2D eigenvalue weighted by atomic mass is 19.1. The Bertz CT molecular complexity index is 1840. The number of halogens is 3. The topological polar surface area (TPSA) is 127 Å². The van der Waals surface area contributed by atoms with Crippen molar-refractivity contribution in [2.45, 2.75) is 56.8 Å². The molecule has 0 spiro atoms. The van der Waals surface area contributed by atoms with E-state index in [1.807, 2.05) is 0 Å². The van der Waals surface area contributed by atoms with Gasteiger partial charge in [0.25, 0.3) is 0 Å². The lowest BCUT2D eigenvalue weighted by molar-refractivity contribution is -0.128. The van der Waals surface area contributed by atoms with Gasteiger partial charge in [0.2, 0.25) is 5.91 Å². The van der Waals surface area contributed by atoms with Gasteiger partial charge in [-0.15, -0.1) is 0 Å². The first-order valence-corrected chi connectivity index (χ1v) is 15.7. The maximum atomic E-state index is 16.8. The van der Waals surface area contributed by atoms with Crippen LogP contribution in [0.2, 0.25) is 0 Å². The zero-order valence-electron chi connectivity index (χ0n) is 25.4. The Morgan fingerprint density at radius 2 is 2.04 bits per heavy atom. The van der Waals surface area contributed by atoms with Crippen LogP contribution in [0.3, 0.4) is 0 Å². The Morgan fingerprint density at radius 1 is 1.20 bits per heavy atom. The maximum absolute atomic E-state index is 16.8. The van der Waals surface area contributed by atoms with Gasteiger partial charge >= 0.3 is 6.01 Å². The predicted molar refractivity (Wildman–Crippen MR) is 166 cm³/mol. The molecule has 1 amide bonds. The summed E-state index contributed by atoms with van der Waals surface area (Å²) in [6.45, 7) is 3.85. The van der Waals surface area contributed by atoms with E-state index in [1.54, 1.807) is 11.8 Å². The summed E-state index contributed by atoms with van der Waals surface area (Å²) in [7, 11) is 0. The van der Waals surface area contributed by atoms with E-state index >= 15 is 4.39 Å². The molecule has 3 fully saturated rings. The van der Waals surface area contributed by atoms with Gasteiger partial charge in [-0.3, -0.25) is 14.7 Å². The summed E-state index contributed by atoms with van der Waals surface area (Å²) in [5.41, 5.74) is 5.45. The number of carbonyl (C=O) groups excluding carboxylic acids is 1. The smallest absolute Gasteiger partial charge is 0.319 e. The number of phenols is 1. The van der Waals surface area contributed by atoms with Crippen LogP contribution in [0.5, 0.6) is 11.8 Å². The Balaban J connectivity index is 1.38. The van der Waals surface area contributed by atoms with Crippen LogP contribution < -0.4 is 15.4 Å². The van der Waals surface area contributed by atoms with Crippen molar-refractivity contribution in [1.82, 2.24) is 19.9 Å². The first-order chi connectivity index (χ1) is 22.2. The molecule has 1 unspecified atom stereocenters. The maximum Gasteiger partial charge on any atom is 0.319 e. The van der Waals surface area contributed by atoms with Crippen molar-refractivity contribution in [3.05, 3.63) is 47.7 Å². The van der Waals surface area contributed by atoms with Gasteiger partial charge in [0, 0.05) is 37.9 Å². The number of aromatic nitrogens is 3. The first kappa shape index (κ1) is 30.4. The number of anilines is 1. The zero-order chi connectivity index (χ0) is 32.2. The number of benzene rings is 2. The van der Waals surface area contributed by atoms with Gasteiger partial charge in [-0.1, -0.05) is 13.0 Å². The second kappa shape index (κ2) is 11.8. The number of hydrogen-bond acceptors (Lipinski definition) is 9. The van der Waals surface area contributed by atoms with E-state index in [9.17, 15) is 18.7 Å². The molecule has 46 heavy (non-hydrogen) atoms. The minimum Gasteiger partial charge on any atom is -0.508 e. The molecule has 2 aromatic carbocycles. The molecule has 10 nitrogen and oxygen atoms in total. The molecular weight excluding hydrogens is 601 g/mol. The molecule has 0 aliphatic carbocycles. The fourth-order valence-corrected chi connectivity index (χ4v) is 7.38. The molecule has 2 aromatic heterocycles. The molecule has 0 saturated carbocycles. The van der Waals surface area contributed by atoms with Crippen molar-refractivity contribution < 1.29 is 32.5 Å². The molecule has 3 N–H and O–H groups in total. The minimum atomic E-state index is -0.958. The van der Waals surface area contributed by atoms with Gasteiger partial charge in [0.05, 0.1) is 17.5 Å². The number of amides is 1. The van der Waals surface area contributed by atoms with Crippen LogP contribution in [0.4, 0.5) is 19.0 Å². The number of aryl methyl sites for hydroxylation is 1. The molecular formula is C33H35F3N6O4. The van der Waals surface area contributed by atoms with Gasteiger partial charge in [-0.2, -0.15) is 9.97 Å². The SMILES string of the molecule is CCc1c(F)ccc2cc(O)cc(-c3ncc4c(N5CCCOC(C(N)=O)C5)nc(OC[C@@]56CCCN5C[C@H](F)C6)nc4c3F)c12. The molecule has 3 atom stereocenters. The lowest BCUT2D eigenvalue weighted by Crippen LogP contribution is -2.43. The summed E-state index contributed by atoms with van der Waals surface area (Å²) in [4.78, 5) is 29.6. The standard InChI is InChI=1S/C33H35F3N6O4/c1-2-21-24(35)6-5-18-11-20(43)12-22(26(18)21)28-27(36)29-23(14-38-28)31(41-8-4-10-45-25(16-41)30(37)44)40-32(39-29)46-17-33-7-3-9-42(33)15-19(34)13-33/h5-6,11-12,14,19,25,43H,2-4,7-10,13,15-17H2,1H3,(H2,37,44)/t19-,25?,33+/m1/s1. The fourth-order valence-electron chi connectivity index (χ4n) is 7.38. The predicted octanol–water partition coefficient (Wildman–Crippen LogP) is 4.43. The monoisotopic (exact) mass is 636 g/mol. The summed E-state index contributed by atoms with van der Waals surface area (Å²) in [5.74, 6) is -1.74. The third-order valence-electron chi connectivity index (χ3n) is 9.53. The third-order valence-corrected chi connectivity index (χ3v) is 9.53. The molecule has 3 aliphatic heterocycles. The molecule has 0 radical (unpaired) electrons. The average Bonchev–Trinajstić information content (AvgIpc) is 3.43. The second-order valence-corrected chi connectivity index (χ2v) is 12.4. The van der Waals surface area contributed by atoms with E-state index in [-0.39, 0.29) is 52.9 Å². The highest BCUT2D eigenvalue weighted by Gasteiger charge is 2.49. The lowest BCUT2D eigenvalue weighted by Gasteiger charge is -2.31. The minimum absolute atomic E-state index is 0.0713. The van der Waals surface area contributed by atoms with Gasteiger partial charge in [0.15, 0.2) is 11.9 Å². The number of phenolic OH excluding ortho intramolecular Hbond substituents is 1. The summed E-state index contributed by atoms with van der Waals surface area (Å²) in [6.07, 6.45) is 2.46. The number of primary amides is 1. The van der Waals surface area contributed by atoms with Crippen LogP contribution in [-0.4, -0.2) is 88.1 Å². The molecule has 4 aromatic rings. The van der Waals surface area contributed by atoms with Crippen LogP contribution in [-0.2, 0) is 16.0 Å². The molecule has 0 bridgehead atoms. The van der Waals surface area contributed by atoms with Crippen molar-refractivity contribution in [3.63, 3.8) is 0 Å². The molecule has 7 rings (SSSR count). The quantitative estimate of drug-likeness (QED) is 0.303. The number of fused-ring (bicyclic) bond motifs is 3. The van der Waals surface area contributed by atoms with Crippen LogP contribution in [0.1, 0.15) is 38.2 Å². The fraction of sp³-hybridized carbons (Fsp3) is 0.455. The first-order valence-electron chi connectivity index (χ1n) is 15.7. The van der Waals surface area contributed by atoms with Crippen LogP contribution >= 0.6 is 0 Å². The molecule has 3 aliphatic rings. The van der Waals surface area contributed by atoms with E-state index in [1.165, 1.54) is 30.5 Å². The number of nitrogens with zero attached hydrogens (tertiary/aromatic N) is 5. The zero-order valence-corrected chi connectivity index (χ0v) is 25.4. The summed E-state index contributed by atoms with van der Waals surface area (Å²) in [6, 6.07) is 5.61. The number of aromatic hydroxyl groups is 1. The molecule has 5 heterocycles. The number of pyridine rings is 1. The number of rotatable bonds is 7.